The Hall–Kier alpha value is -1.37. The van der Waals surface area contributed by atoms with E-state index in [-0.39, 0.29) is 0 Å². The van der Waals surface area contributed by atoms with Crippen molar-refractivity contribution >= 4 is 6.21 Å². The quantitative estimate of drug-likeness (QED) is 0.432. The topological polar surface area (TPSA) is 25.6 Å². The largest absolute Gasteiger partial charge is 0.260 e. The molecule has 0 unspecified atom stereocenters. The van der Waals surface area contributed by atoms with Gasteiger partial charge in [0.05, 0.1) is 0 Å². The highest BCUT2D eigenvalue weighted by atomic mass is 14.3. The summed E-state index contributed by atoms with van der Waals surface area (Å²) in [6, 6.07) is 0. The van der Waals surface area contributed by atoms with E-state index >= 15 is 0 Å². The molecule has 0 aliphatic carbocycles. The van der Waals surface area contributed by atoms with Gasteiger partial charge in [-0.1, -0.05) is 43.0 Å². The van der Waals surface area contributed by atoms with Crippen LogP contribution in [0.2, 0.25) is 0 Å². The lowest BCUT2D eigenvalue weighted by molar-refractivity contribution is -0.104. The highest BCUT2D eigenvalue weighted by Gasteiger charge is 1.61. The molecule has 0 spiro atoms. The Morgan fingerprint density at radius 2 is 1.30 bits per heavy atom. The van der Waals surface area contributed by atoms with Gasteiger partial charge in [0.15, 0.2) is 6.21 Å². The lowest BCUT2D eigenvalue weighted by Gasteiger charge is -1.69. The predicted molar refractivity (Wildman–Crippen MR) is 45.6 cm³/mol. The van der Waals surface area contributed by atoms with E-state index in [1.807, 2.05) is 30.4 Å². The van der Waals surface area contributed by atoms with Crippen LogP contribution in [0.1, 0.15) is 0 Å². The van der Waals surface area contributed by atoms with E-state index in [0.29, 0.717) is 0 Å². The van der Waals surface area contributed by atoms with Gasteiger partial charge in [-0.15, -0.1) is 0 Å². The summed E-state index contributed by atoms with van der Waals surface area (Å²) in [5.74, 6) is 0. The Labute approximate surface area is 61.6 Å². The van der Waals surface area contributed by atoms with Crippen LogP contribution < -0.4 is 5.41 Å². The zero-order chi connectivity index (χ0) is 7.66. The molecule has 0 aliphatic rings. The van der Waals surface area contributed by atoms with E-state index in [0.717, 1.165) is 0 Å². The zero-order valence-electron chi connectivity index (χ0n) is 5.90. The second kappa shape index (κ2) is 7.63. The molecule has 0 aromatic carbocycles. The fourth-order valence-corrected chi connectivity index (χ4v) is 0.399. The number of hydrogen-bond acceptors (Lipinski definition) is 0. The van der Waals surface area contributed by atoms with Crippen molar-refractivity contribution < 1.29 is 5.41 Å². The Morgan fingerprint density at radius 3 is 1.80 bits per heavy atom. The lowest BCUT2D eigenvalue weighted by atomic mass is 10.4. The van der Waals surface area contributed by atoms with Crippen molar-refractivity contribution in [1.82, 2.24) is 0 Å². The molecule has 0 aromatic rings. The van der Waals surface area contributed by atoms with Gasteiger partial charge >= 0.3 is 0 Å². The van der Waals surface area contributed by atoms with E-state index in [1.165, 1.54) is 6.21 Å². The van der Waals surface area contributed by atoms with E-state index in [1.54, 1.807) is 12.2 Å². The first-order valence-corrected chi connectivity index (χ1v) is 3.07. The number of rotatable bonds is 4. The van der Waals surface area contributed by atoms with Gasteiger partial charge in [0.2, 0.25) is 0 Å². The first kappa shape index (κ1) is 8.63. The summed E-state index contributed by atoms with van der Waals surface area (Å²) in [6.07, 6.45) is 14.4. The Morgan fingerprint density at radius 1 is 0.800 bits per heavy atom. The maximum absolute atomic E-state index is 5.09. The van der Waals surface area contributed by atoms with Crippen LogP contribution in [0.25, 0.3) is 0 Å². The van der Waals surface area contributed by atoms with Crippen molar-refractivity contribution in [3.63, 3.8) is 0 Å². The molecule has 0 bridgehead atoms. The average molecular weight is 134 g/mol. The highest BCUT2D eigenvalue weighted by Crippen LogP contribution is 1.78. The normalized spacial score (nSPS) is 11.6. The highest BCUT2D eigenvalue weighted by molar-refractivity contribution is 5.65. The Bertz CT molecular complexity index is 153. The third-order valence-corrected chi connectivity index (χ3v) is 0.803. The van der Waals surface area contributed by atoms with Crippen molar-refractivity contribution in [2.75, 3.05) is 0 Å². The Kier molecular flexibility index (Phi) is 6.58. The van der Waals surface area contributed by atoms with Crippen LogP contribution in [0, 0.1) is 0 Å². The van der Waals surface area contributed by atoms with Crippen LogP contribution in [-0.4, -0.2) is 6.21 Å². The number of hydrogen-bond donors (Lipinski definition) is 1. The third-order valence-electron chi connectivity index (χ3n) is 0.803. The van der Waals surface area contributed by atoms with Gasteiger partial charge in [0.1, 0.15) is 0 Å². The standard InChI is InChI=1S/C9H11N/c1-2-3-4-5-6-7-8-9-10/h2-10H,1H2/p+1. The molecule has 0 rings (SSSR count). The summed E-state index contributed by atoms with van der Waals surface area (Å²) in [4.78, 5) is 0. The van der Waals surface area contributed by atoms with Crippen LogP contribution >= 0.6 is 0 Å². The van der Waals surface area contributed by atoms with Gasteiger partial charge < -0.3 is 0 Å². The first-order valence-electron chi connectivity index (χ1n) is 3.07. The lowest BCUT2D eigenvalue weighted by Crippen LogP contribution is -2.27. The molecular weight excluding hydrogens is 122 g/mol. The zero-order valence-corrected chi connectivity index (χ0v) is 5.90. The number of allylic oxidation sites excluding steroid dienone is 7. The maximum Gasteiger partial charge on any atom is 0.160 e. The van der Waals surface area contributed by atoms with Crippen molar-refractivity contribution in [3.8, 4) is 0 Å². The summed E-state index contributed by atoms with van der Waals surface area (Å²) in [5, 5.41) is 5.09. The minimum absolute atomic E-state index is 1.49. The molecular formula is C9H12N+. The summed E-state index contributed by atoms with van der Waals surface area (Å²) in [6.45, 7) is 3.53. The SMILES string of the molecule is C=CC=CC=CC=CC=[NH2+]. The molecule has 52 valence electrons. The molecule has 1 nitrogen and oxygen atoms in total. The van der Waals surface area contributed by atoms with Crippen LogP contribution in [0.3, 0.4) is 0 Å². The molecule has 0 aromatic heterocycles. The average Bonchev–Trinajstić information content (AvgIpc) is 1.97. The molecule has 0 aliphatic heterocycles. The van der Waals surface area contributed by atoms with Gasteiger partial charge in [-0.05, 0) is 0 Å². The summed E-state index contributed by atoms with van der Waals surface area (Å²) in [5.41, 5.74) is 0. The van der Waals surface area contributed by atoms with Crippen LogP contribution in [0.5, 0.6) is 0 Å². The van der Waals surface area contributed by atoms with Gasteiger partial charge in [0, 0.05) is 6.08 Å². The van der Waals surface area contributed by atoms with Gasteiger partial charge in [0.25, 0.3) is 0 Å². The molecule has 0 saturated carbocycles. The van der Waals surface area contributed by atoms with E-state index in [4.69, 9.17) is 5.41 Å². The number of nitrogens with two attached hydrogens (primary N) is 1. The van der Waals surface area contributed by atoms with Crippen LogP contribution in [0.4, 0.5) is 0 Å². The van der Waals surface area contributed by atoms with Crippen LogP contribution in [0.15, 0.2) is 49.1 Å². The molecule has 0 radical (unpaired) electrons. The van der Waals surface area contributed by atoms with Crippen molar-refractivity contribution in [3.05, 3.63) is 49.1 Å². The van der Waals surface area contributed by atoms with E-state index in [2.05, 4.69) is 6.58 Å². The van der Waals surface area contributed by atoms with Crippen molar-refractivity contribution in [2.24, 2.45) is 0 Å². The molecule has 10 heavy (non-hydrogen) atoms. The van der Waals surface area contributed by atoms with Crippen LogP contribution in [-0.2, 0) is 0 Å². The minimum Gasteiger partial charge on any atom is -0.260 e. The predicted octanol–water partition coefficient (Wildman–Crippen LogP) is 0.671. The molecule has 1 heteroatoms. The maximum atomic E-state index is 5.09. The van der Waals surface area contributed by atoms with E-state index < -0.39 is 0 Å². The second-order valence-corrected chi connectivity index (χ2v) is 1.58. The third kappa shape index (κ3) is 6.63. The summed E-state index contributed by atoms with van der Waals surface area (Å²) < 4.78 is 0. The molecule has 0 heterocycles. The summed E-state index contributed by atoms with van der Waals surface area (Å²) in [7, 11) is 0. The van der Waals surface area contributed by atoms with Crippen molar-refractivity contribution in [2.45, 2.75) is 0 Å². The van der Waals surface area contributed by atoms with Gasteiger partial charge in [-0.3, -0.25) is 5.41 Å². The van der Waals surface area contributed by atoms with Gasteiger partial charge in [-0.25, -0.2) is 0 Å². The molecule has 0 saturated heterocycles. The fourth-order valence-electron chi connectivity index (χ4n) is 0.399. The molecule has 0 fully saturated rings. The molecule has 2 N–H and O–H groups in total. The van der Waals surface area contributed by atoms with Gasteiger partial charge in [-0.2, -0.15) is 0 Å². The fraction of sp³-hybridized carbons (Fsp3) is 0. The summed E-state index contributed by atoms with van der Waals surface area (Å²) >= 11 is 0. The first-order chi connectivity index (χ1) is 4.91. The molecule has 0 atom stereocenters. The molecule has 0 amide bonds. The second-order valence-electron chi connectivity index (χ2n) is 1.58. The van der Waals surface area contributed by atoms with E-state index in [9.17, 15) is 0 Å². The minimum atomic E-state index is 1.49. The Balaban J connectivity index is 3.55. The van der Waals surface area contributed by atoms with Crippen molar-refractivity contribution in [1.29, 1.82) is 0 Å². The smallest absolute Gasteiger partial charge is 0.160 e. The monoisotopic (exact) mass is 134 g/mol.